The van der Waals surface area contributed by atoms with E-state index in [-0.39, 0.29) is 0 Å². The van der Waals surface area contributed by atoms with Crippen molar-refractivity contribution < 1.29 is 5.11 Å². The van der Waals surface area contributed by atoms with Crippen molar-refractivity contribution in [3.05, 3.63) is 40.4 Å². The minimum absolute atomic E-state index is 0.488. The molecule has 0 saturated carbocycles. The molecule has 2 aromatic rings. The molecule has 3 rings (SSSR count). The fourth-order valence-electron chi connectivity index (χ4n) is 2.55. The van der Waals surface area contributed by atoms with Crippen LogP contribution in [-0.2, 0) is 0 Å². The number of nitrogens with zero attached hydrogens (tertiary/aromatic N) is 3. The molecule has 2 heterocycles. The molecule has 1 aliphatic heterocycles. The van der Waals surface area contributed by atoms with E-state index >= 15 is 0 Å². The lowest BCUT2D eigenvalue weighted by molar-refractivity contribution is 0.199. The summed E-state index contributed by atoms with van der Waals surface area (Å²) in [6, 6.07) is 5.80. The molecule has 0 amide bonds. The molecule has 1 atom stereocenters. The Balaban J connectivity index is 1.69. The van der Waals surface area contributed by atoms with Gasteiger partial charge in [0.2, 0.25) is 0 Å². The van der Waals surface area contributed by atoms with Gasteiger partial charge >= 0.3 is 0 Å². The Morgan fingerprint density at radius 2 is 1.95 bits per heavy atom. The number of halogens is 1. The summed E-state index contributed by atoms with van der Waals surface area (Å²) >= 11 is 8.04. The van der Waals surface area contributed by atoms with Crippen molar-refractivity contribution in [2.45, 2.75) is 13.0 Å². The van der Waals surface area contributed by atoms with E-state index in [1.165, 1.54) is 0 Å². The van der Waals surface area contributed by atoms with Gasteiger partial charge in [-0.05, 0) is 24.6 Å². The number of aromatic nitrogens is 1. The summed E-state index contributed by atoms with van der Waals surface area (Å²) in [5.41, 5.74) is 1.89. The average molecular weight is 324 g/mol. The minimum Gasteiger partial charge on any atom is -0.389 e. The monoisotopic (exact) mass is 323 g/mol. The highest BCUT2D eigenvalue weighted by molar-refractivity contribution is 7.13. The second kappa shape index (κ2) is 6.22. The molecule has 1 aromatic carbocycles. The minimum atomic E-state index is -0.488. The predicted octanol–water partition coefficient (Wildman–Crippen LogP) is 3.18. The summed E-state index contributed by atoms with van der Waals surface area (Å²) in [5.74, 6) is 0. The Morgan fingerprint density at radius 3 is 2.52 bits per heavy atom. The fourth-order valence-corrected chi connectivity index (χ4v) is 3.56. The Hall–Kier alpha value is -1.30. The second-order valence-corrected chi connectivity index (χ2v) is 6.46. The molecule has 0 bridgehead atoms. The van der Waals surface area contributed by atoms with Crippen LogP contribution < -0.4 is 9.80 Å². The number of benzene rings is 1. The highest BCUT2D eigenvalue weighted by atomic mass is 35.5. The smallest absolute Gasteiger partial charge is 0.185 e. The van der Waals surface area contributed by atoms with Crippen molar-refractivity contribution >= 4 is 33.8 Å². The quantitative estimate of drug-likeness (QED) is 0.941. The molecule has 112 valence electrons. The van der Waals surface area contributed by atoms with Gasteiger partial charge in [0.1, 0.15) is 0 Å². The van der Waals surface area contributed by atoms with Crippen molar-refractivity contribution in [2.24, 2.45) is 0 Å². The number of piperazine rings is 1. The molecule has 6 heteroatoms. The lowest BCUT2D eigenvalue weighted by Crippen LogP contribution is -2.46. The summed E-state index contributed by atoms with van der Waals surface area (Å²) in [5, 5.41) is 13.4. The molecular formula is C15H18ClN3OS. The molecule has 0 unspecified atom stereocenters. The van der Waals surface area contributed by atoms with Crippen LogP contribution >= 0.6 is 22.9 Å². The van der Waals surface area contributed by atoms with E-state index in [9.17, 15) is 5.11 Å². The Labute approximate surface area is 133 Å². The van der Waals surface area contributed by atoms with E-state index in [2.05, 4.69) is 14.8 Å². The number of aliphatic hydroxyl groups excluding tert-OH is 1. The third-order valence-electron chi connectivity index (χ3n) is 3.76. The highest BCUT2D eigenvalue weighted by Crippen LogP contribution is 2.30. The first-order chi connectivity index (χ1) is 10.1. The van der Waals surface area contributed by atoms with Gasteiger partial charge in [-0.2, -0.15) is 0 Å². The van der Waals surface area contributed by atoms with Gasteiger partial charge in [0.05, 0.1) is 16.8 Å². The molecule has 1 aliphatic rings. The molecule has 4 nitrogen and oxygen atoms in total. The number of anilines is 2. The molecule has 0 radical (unpaired) electrons. The van der Waals surface area contributed by atoms with Crippen molar-refractivity contribution in [3.63, 3.8) is 0 Å². The topological polar surface area (TPSA) is 39.6 Å². The molecule has 1 saturated heterocycles. The lowest BCUT2D eigenvalue weighted by Gasteiger charge is -2.36. The molecule has 21 heavy (non-hydrogen) atoms. The van der Waals surface area contributed by atoms with Gasteiger partial charge in [-0.25, -0.2) is 4.98 Å². The molecule has 0 spiro atoms. The van der Waals surface area contributed by atoms with Gasteiger partial charge in [-0.3, -0.25) is 0 Å². The summed E-state index contributed by atoms with van der Waals surface area (Å²) in [7, 11) is 0. The standard InChI is InChI=1S/C15H18ClN3OS/c1-11(20)12-2-3-14(13(16)10-12)18-5-7-19(8-6-18)15-17-4-9-21-15/h2-4,9-11,20H,5-8H2,1H3/t11-/m0/s1. The van der Waals surface area contributed by atoms with E-state index < -0.39 is 6.10 Å². The number of thiazole rings is 1. The number of aliphatic hydroxyl groups is 1. The van der Waals surface area contributed by atoms with Crippen LogP contribution in [0.25, 0.3) is 0 Å². The number of hydrogen-bond donors (Lipinski definition) is 1. The van der Waals surface area contributed by atoms with Crippen LogP contribution in [0, 0.1) is 0 Å². The molecule has 1 fully saturated rings. The first-order valence-corrected chi connectivity index (χ1v) is 8.28. The largest absolute Gasteiger partial charge is 0.389 e. The van der Waals surface area contributed by atoms with Crippen molar-refractivity contribution in [3.8, 4) is 0 Å². The first kappa shape index (κ1) is 14.6. The van der Waals surface area contributed by atoms with Crippen LogP contribution in [0.3, 0.4) is 0 Å². The maximum Gasteiger partial charge on any atom is 0.185 e. The molecular weight excluding hydrogens is 306 g/mol. The zero-order valence-electron chi connectivity index (χ0n) is 11.9. The molecule has 1 N–H and O–H groups in total. The number of rotatable bonds is 3. The maximum atomic E-state index is 9.61. The number of hydrogen-bond acceptors (Lipinski definition) is 5. The van der Waals surface area contributed by atoms with Crippen molar-refractivity contribution in [1.29, 1.82) is 0 Å². The Bertz CT molecular complexity index is 595. The van der Waals surface area contributed by atoms with Gasteiger partial charge in [-0.1, -0.05) is 17.7 Å². The SMILES string of the molecule is C[C@H](O)c1ccc(N2CCN(c3nccs3)CC2)c(Cl)c1. The Kier molecular flexibility index (Phi) is 4.33. The zero-order valence-corrected chi connectivity index (χ0v) is 13.4. The van der Waals surface area contributed by atoms with E-state index in [1.807, 2.05) is 29.8 Å². The normalized spacial score (nSPS) is 17.1. The van der Waals surface area contributed by atoms with E-state index in [4.69, 9.17) is 11.6 Å². The molecule has 1 aromatic heterocycles. The molecule has 0 aliphatic carbocycles. The fraction of sp³-hybridized carbons (Fsp3) is 0.400. The van der Waals surface area contributed by atoms with E-state index in [0.717, 1.165) is 42.6 Å². The summed E-state index contributed by atoms with van der Waals surface area (Å²) in [6.45, 7) is 5.49. The van der Waals surface area contributed by atoms with Crippen LogP contribution in [0.2, 0.25) is 5.02 Å². The van der Waals surface area contributed by atoms with E-state index in [1.54, 1.807) is 18.3 Å². The van der Waals surface area contributed by atoms with Gasteiger partial charge < -0.3 is 14.9 Å². The third-order valence-corrected chi connectivity index (χ3v) is 4.90. The van der Waals surface area contributed by atoms with Gasteiger partial charge in [-0.15, -0.1) is 11.3 Å². The van der Waals surface area contributed by atoms with Crippen LogP contribution in [0.4, 0.5) is 10.8 Å². The summed E-state index contributed by atoms with van der Waals surface area (Å²) in [6.07, 6.45) is 1.36. The van der Waals surface area contributed by atoms with Gasteiger partial charge in [0.25, 0.3) is 0 Å². The van der Waals surface area contributed by atoms with Crippen molar-refractivity contribution in [1.82, 2.24) is 4.98 Å². The lowest BCUT2D eigenvalue weighted by atomic mass is 10.1. The van der Waals surface area contributed by atoms with Crippen LogP contribution in [0.5, 0.6) is 0 Å². The maximum absolute atomic E-state index is 9.61. The van der Waals surface area contributed by atoms with Gasteiger partial charge in [0.15, 0.2) is 5.13 Å². The summed E-state index contributed by atoms with van der Waals surface area (Å²) in [4.78, 5) is 8.95. The van der Waals surface area contributed by atoms with Crippen LogP contribution in [0.1, 0.15) is 18.6 Å². The second-order valence-electron chi connectivity index (χ2n) is 5.18. The average Bonchev–Trinajstić information content (AvgIpc) is 3.01. The zero-order chi connectivity index (χ0) is 14.8. The van der Waals surface area contributed by atoms with Crippen LogP contribution in [0.15, 0.2) is 29.8 Å². The van der Waals surface area contributed by atoms with Crippen molar-refractivity contribution in [2.75, 3.05) is 36.0 Å². The van der Waals surface area contributed by atoms with Crippen LogP contribution in [-0.4, -0.2) is 36.3 Å². The first-order valence-electron chi connectivity index (χ1n) is 7.02. The van der Waals surface area contributed by atoms with Gasteiger partial charge in [0, 0.05) is 37.8 Å². The highest BCUT2D eigenvalue weighted by Gasteiger charge is 2.20. The predicted molar refractivity (Wildman–Crippen MR) is 88.6 cm³/mol. The summed E-state index contributed by atoms with van der Waals surface area (Å²) < 4.78 is 0. The Morgan fingerprint density at radius 1 is 1.24 bits per heavy atom. The third kappa shape index (κ3) is 3.15. The van der Waals surface area contributed by atoms with E-state index in [0.29, 0.717) is 5.02 Å².